The van der Waals surface area contributed by atoms with Crippen molar-refractivity contribution in [1.82, 2.24) is 0 Å². The summed E-state index contributed by atoms with van der Waals surface area (Å²) < 4.78 is 10.3. The third-order valence-electron chi connectivity index (χ3n) is 4.51. The van der Waals surface area contributed by atoms with Crippen molar-refractivity contribution in [3.05, 3.63) is 12.7 Å². The van der Waals surface area contributed by atoms with Crippen LogP contribution in [0.15, 0.2) is 12.7 Å². The maximum absolute atomic E-state index is 12.2. The Labute approximate surface area is 148 Å². The zero-order valence-electron chi connectivity index (χ0n) is 14.6. The fourth-order valence-electron chi connectivity index (χ4n) is 3.00. The van der Waals surface area contributed by atoms with Gasteiger partial charge in [-0.3, -0.25) is 4.79 Å². The van der Waals surface area contributed by atoms with Gasteiger partial charge >= 0.3 is 11.9 Å². The number of aliphatic hydroxyl groups is 1. The lowest BCUT2D eigenvalue weighted by Gasteiger charge is -2.30. The molecule has 1 saturated carbocycles. The Hall–Kier alpha value is -1.89. The molecule has 0 aliphatic heterocycles. The maximum Gasteiger partial charge on any atom is 0.330 e. The van der Waals surface area contributed by atoms with E-state index >= 15 is 0 Å². The lowest BCUT2D eigenvalue weighted by atomic mass is 9.79. The van der Waals surface area contributed by atoms with Crippen LogP contribution in [0, 0.1) is 11.8 Å². The van der Waals surface area contributed by atoms with Gasteiger partial charge in [0.05, 0.1) is 18.6 Å². The van der Waals surface area contributed by atoms with E-state index in [4.69, 9.17) is 9.47 Å². The molecule has 1 fully saturated rings. The largest absolute Gasteiger partial charge is 0.550 e. The number of carboxylic acids is 1. The normalized spacial score (nSPS) is 22.5. The Balaban J connectivity index is 2.52. The Bertz CT molecular complexity index is 474. The third kappa shape index (κ3) is 7.25. The molecule has 7 nitrogen and oxygen atoms in total. The first-order valence-corrected chi connectivity index (χ1v) is 8.77. The molecule has 0 aromatic carbocycles. The minimum absolute atomic E-state index is 0.0133. The molecule has 0 spiro atoms. The fraction of sp³-hybridized carbons (Fsp3) is 0.722. The Morgan fingerprint density at radius 2 is 1.92 bits per heavy atom. The van der Waals surface area contributed by atoms with E-state index in [9.17, 15) is 24.6 Å². The van der Waals surface area contributed by atoms with Crippen LogP contribution in [0.1, 0.15) is 51.9 Å². The number of ether oxygens (including phenoxy) is 2. The highest BCUT2D eigenvalue weighted by Gasteiger charge is 2.33. The van der Waals surface area contributed by atoms with Crippen LogP contribution >= 0.6 is 0 Å². The number of hydrogen-bond acceptors (Lipinski definition) is 7. The monoisotopic (exact) mass is 355 g/mol. The highest BCUT2D eigenvalue weighted by atomic mass is 16.6. The quantitative estimate of drug-likeness (QED) is 0.454. The lowest BCUT2D eigenvalue weighted by Crippen LogP contribution is -2.41. The average Bonchev–Trinajstić information content (AvgIpc) is 2.60. The van der Waals surface area contributed by atoms with Crippen molar-refractivity contribution in [2.75, 3.05) is 6.61 Å². The number of hydrogen-bond donors (Lipinski definition) is 1. The minimum atomic E-state index is -1.22. The Morgan fingerprint density at radius 1 is 1.28 bits per heavy atom. The molecule has 1 aliphatic carbocycles. The smallest absolute Gasteiger partial charge is 0.330 e. The minimum Gasteiger partial charge on any atom is -0.550 e. The standard InChI is InChI=1S/C18H28O7/c1-3-12(19)11-13(25-16(20)4-2)9-10-24-18(23)15-8-6-5-7-14(15)17(21)22/h4,12-15,19H,2-3,5-11H2,1H3,(H,21,22)/p-1. The second-order valence-electron chi connectivity index (χ2n) is 6.33. The van der Waals surface area contributed by atoms with Crippen LogP contribution in [-0.4, -0.2) is 41.8 Å². The molecule has 0 amide bonds. The highest BCUT2D eigenvalue weighted by Crippen LogP contribution is 2.30. The van der Waals surface area contributed by atoms with Crippen LogP contribution in [-0.2, 0) is 23.9 Å². The molecular weight excluding hydrogens is 328 g/mol. The number of carboxylic acid groups (broad SMARTS) is 1. The number of carbonyl (C=O) groups excluding carboxylic acids is 3. The van der Waals surface area contributed by atoms with E-state index in [-0.39, 0.29) is 19.4 Å². The third-order valence-corrected chi connectivity index (χ3v) is 4.51. The van der Waals surface area contributed by atoms with Gasteiger partial charge in [0.25, 0.3) is 0 Å². The van der Waals surface area contributed by atoms with Crippen molar-refractivity contribution in [3.8, 4) is 0 Å². The van der Waals surface area contributed by atoms with E-state index in [1.807, 2.05) is 0 Å². The second kappa shape index (κ2) is 10.9. The number of carbonyl (C=O) groups is 3. The molecule has 142 valence electrons. The molecule has 0 aromatic heterocycles. The van der Waals surface area contributed by atoms with E-state index < -0.39 is 42.0 Å². The molecular formula is C18H27O7-. The van der Waals surface area contributed by atoms with E-state index in [0.717, 1.165) is 18.9 Å². The van der Waals surface area contributed by atoms with Gasteiger partial charge in [-0.25, -0.2) is 4.79 Å². The van der Waals surface area contributed by atoms with Crippen molar-refractivity contribution in [3.63, 3.8) is 0 Å². The van der Waals surface area contributed by atoms with Crippen molar-refractivity contribution >= 4 is 17.9 Å². The van der Waals surface area contributed by atoms with Gasteiger partial charge in [0.15, 0.2) is 0 Å². The lowest BCUT2D eigenvalue weighted by molar-refractivity contribution is -0.314. The van der Waals surface area contributed by atoms with Gasteiger partial charge in [0, 0.05) is 30.8 Å². The molecule has 4 atom stereocenters. The molecule has 0 heterocycles. The number of aliphatic carboxylic acids is 1. The van der Waals surface area contributed by atoms with Crippen molar-refractivity contribution in [1.29, 1.82) is 0 Å². The molecule has 4 unspecified atom stereocenters. The summed E-state index contributed by atoms with van der Waals surface area (Å²) in [6.45, 7) is 5.12. The first-order chi connectivity index (χ1) is 11.9. The van der Waals surface area contributed by atoms with E-state index in [1.54, 1.807) is 6.92 Å². The highest BCUT2D eigenvalue weighted by molar-refractivity contribution is 5.81. The van der Waals surface area contributed by atoms with E-state index in [2.05, 4.69) is 6.58 Å². The molecule has 1 aliphatic rings. The summed E-state index contributed by atoms with van der Waals surface area (Å²) in [5.41, 5.74) is 0. The van der Waals surface area contributed by atoms with Gasteiger partial charge in [0.2, 0.25) is 0 Å². The summed E-state index contributed by atoms with van der Waals surface area (Å²) >= 11 is 0. The van der Waals surface area contributed by atoms with Crippen LogP contribution < -0.4 is 5.11 Å². The summed E-state index contributed by atoms with van der Waals surface area (Å²) in [6.07, 6.45) is 3.22. The van der Waals surface area contributed by atoms with Crippen LogP contribution in [0.2, 0.25) is 0 Å². The van der Waals surface area contributed by atoms with Gasteiger partial charge in [-0.05, 0) is 19.3 Å². The van der Waals surface area contributed by atoms with Crippen molar-refractivity contribution in [2.45, 2.75) is 64.1 Å². The van der Waals surface area contributed by atoms with E-state index in [1.165, 1.54) is 0 Å². The number of aliphatic hydroxyl groups excluding tert-OH is 1. The number of rotatable bonds is 10. The first-order valence-electron chi connectivity index (χ1n) is 8.77. The summed E-state index contributed by atoms with van der Waals surface area (Å²) in [4.78, 5) is 34.7. The summed E-state index contributed by atoms with van der Waals surface area (Å²) in [7, 11) is 0. The van der Waals surface area contributed by atoms with E-state index in [0.29, 0.717) is 19.3 Å². The summed E-state index contributed by atoms with van der Waals surface area (Å²) in [6, 6.07) is 0. The van der Waals surface area contributed by atoms with Crippen molar-refractivity contribution in [2.24, 2.45) is 11.8 Å². The molecule has 0 radical (unpaired) electrons. The topological polar surface area (TPSA) is 113 Å². The predicted molar refractivity (Wildman–Crippen MR) is 87.0 cm³/mol. The van der Waals surface area contributed by atoms with Crippen LogP contribution in [0.3, 0.4) is 0 Å². The predicted octanol–water partition coefficient (Wildman–Crippen LogP) is 0.735. The maximum atomic E-state index is 12.2. The molecule has 0 bridgehead atoms. The number of esters is 2. The van der Waals surface area contributed by atoms with Gasteiger partial charge in [0.1, 0.15) is 6.10 Å². The second-order valence-corrected chi connectivity index (χ2v) is 6.33. The van der Waals surface area contributed by atoms with Crippen molar-refractivity contribution < 1.29 is 34.1 Å². The van der Waals surface area contributed by atoms with Gasteiger partial charge in [-0.2, -0.15) is 0 Å². The van der Waals surface area contributed by atoms with Gasteiger partial charge in [-0.15, -0.1) is 0 Å². The molecule has 7 heteroatoms. The first kappa shape index (κ1) is 21.2. The molecule has 0 saturated heterocycles. The molecule has 25 heavy (non-hydrogen) atoms. The fourth-order valence-corrected chi connectivity index (χ4v) is 3.00. The zero-order valence-corrected chi connectivity index (χ0v) is 14.6. The van der Waals surface area contributed by atoms with Crippen LogP contribution in [0.4, 0.5) is 0 Å². The van der Waals surface area contributed by atoms with Crippen LogP contribution in [0.25, 0.3) is 0 Å². The van der Waals surface area contributed by atoms with Crippen LogP contribution in [0.5, 0.6) is 0 Å². The average molecular weight is 355 g/mol. The van der Waals surface area contributed by atoms with Gasteiger partial charge < -0.3 is 24.5 Å². The Kier molecular flexibility index (Phi) is 9.20. The SMILES string of the molecule is C=CC(=O)OC(CCOC(=O)C1CCCCC1C(=O)[O-])CC(O)CC. The zero-order chi connectivity index (χ0) is 18.8. The summed E-state index contributed by atoms with van der Waals surface area (Å²) in [5, 5.41) is 20.9. The molecule has 1 rings (SSSR count). The summed E-state index contributed by atoms with van der Waals surface area (Å²) in [5.74, 6) is -3.88. The molecule has 1 N–H and O–H groups in total. The Morgan fingerprint density at radius 3 is 2.48 bits per heavy atom. The molecule has 0 aromatic rings. The van der Waals surface area contributed by atoms with Gasteiger partial charge in [-0.1, -0.05) is 26.3 Å².